The fraction of sp³-hybridized carbons (Fsp3) is 0.632. The number of pyridine rings is 2. The summed E-state index contributed by atoms with van der Waals surface area (Å²) in [5.41, 5.74) is 2.09. The van der Waals surface area contributed by atoms with Gasteiger partial charge in [-0.1, -0.05) is 105 Å². The molecule has 2 heterocycles. The minimum Gasteiger partial charge on any atom is -0.307 e. The van der Waals surface area contributed by atoms with Gasteiger partial charge in [-0.2, -0.15) is 0 Å². The van der Waals surface area contributed by atoms with Crippen molar-refractivity contribution >= 4 is 77.8 Å². The summed E-state index contributed by atoms with van der Waals surface area (Å²) in [6, 6.07) is 8.43. The summed E-state index contributed by atoms with van der Waals surface area (Å²) in [4.78, 5) is 29.0. The van der Waals surface area contributed by atoms with Crippen molar-refractivity contribution < 1.29 is 0 Å². The molecular weight excluding hydrogens is 770 g/mol. The Morgan fingerprint density at radius 1 is 0.523 bits per heavy atom. The highest BCUT2D eigenvalue weighted by Gasteiger charge is 2.24. The molecule has 4 rings (SSSR count). The van der Waals surface area contributed by atoms with Crippen molar-refractivity contribution in [2.24, 2.45) is 11.8 Å². The second kappa shape index (κ2) is 17.7. The molecule has 0 bridgehead atoms. The van der Waals surface area contributed by atoms with E-state index in [0.717, 1.165) is 78.5 Å². The lowest BCUT2D eigenvalue weighted by atomic mass is 9.93. The molecule has 0 spiro atoms. The van der Waals surface area contributed by atoms with E-state index in [0.29, 0.717) is 11.8 Å². The molecular formula is C38H54I2N2O2. The monoisotopic (exact) mass is 824 g/mol. The Morgan fingerprint density at radius 2 is 0.886 bits per heavy atom. The molecule has 2 aromatic heterocycles. The number of hydrogen-bond donors (Lipinski definition) is 0. The highest BCUT2D eigenvalue weighted by molar-refractivity contribution is 14.1. The Labute approximate surface area is 292 Å². The first-order valence-electron chi connectivity index (χ1n) is 17.7. The van der Waals surface area contributed by atoms with Crippen molar-refractivity contribution in [1.82, 2.24) is 9.13 Å². The number of unbranched alkanes of at least 4 members (excludes halogenated alkanes) is 8. The second-order valence-corrected chi connectivity index (χ2v) is 15.7. The molecule has 6 heteroatoms. The molecule has 0 aliphatic heterocycles. The second-order valence-electron chi connectivity index (χ2n) is 13.2. The zero-order valence-electron chi connectivity index (χ0n) is 27.7. The van der Waals surface area contributed by atoms with Crippen molar-refractivity contribution in [1.29, 1.82) is 0 Å². The summed E-state index contributed by atoms with van der Waals surface area (Å²) in [6.07, 6.45) is 19.3. The van der Waals surface area contributed by atoms with Crippen LogP contribution in [0.15, 0.2) is 33.9 Å². The number of rotatable bonds is 20. The number of benzene rings is 2. The molecule has 0 aliphatic carbocycles. The van der Waals surface area contributed by atoms with Gasteiger partial charge in [-0.25, -0.2) is 0 Å². The summed E-state index contributed by atoms with van der Waals surface area (Å²) in [7, 11) is 0. The van der Waals surface area contributed by atoms with E-state index in [4.69, 9.17) is 0 Å². The fourth-order valence-corrected chi connectivity index (χ4v) is 8.43. The lowest BCUT2D eigenvalue weighted by molar-refractivity contribution is 0.363. The lowest BCUT2D eigenvalue weighted by Crippen LogP contribution is -2.29. The average molecular weight is 825 g/mol. The molecule has 0 aliphatic rings. The zero-order valence-corrected chi connectivity index (χ0v) is 32.0. The topological polar surface area (TPSA) is 44.0 Å². The van der Waals surface area contributed by atoms with E-state index in [-0.39, 0.29) is 11.1 Å². The van der Waals surface area contributed by atoms with Crippen LogP contribution in [0.5, 0.6) is 0 Å². The molecule has 44 heavy (non-hydrogen) atoms. The van der Waals surface area contributed by atoms with Crippen LogP contribution in [0.2, 0.25) is 0 Å². The van der Waals surface area contributed by atoms with Crippen molar-refractivity contribution in [3.05, 3.63) is 52.1 Å². The summed E-state index contributed by atoms with van der Waals surface area (Å²) in [5.74, 6) is 0.937. The lowest BCUT2D eigenvalue weighted by Gasteiger charge is -2.24. The van der Waals surface area contributed by atoms with Crippen LogP contribution in [-0.4, -0.2) is 9.13 Å². The maximum Gasteiger partial charge on any atom is 0.259 e. The largest absolute Gasteiger partial charge is 0.307 e. The standard InChI is InChI=1S/C38H54I2N2O2/c1-5-9-13-15-19-27(17-11-7-3)25-41-33-23-29(39)22-32-35(33)36-31(37(41)43)21-30(40)24-34(36)42(38(32)44)26-28(18-12-8-4)20-16-14-10-6-2/h21-24,27-28H,5-20,25-26H2,1-4H3. The summed E-state index contributed by atoms with van der Waals surface area (Å²) in [5, 5.41) is 3.52. The number of hydrogen-bond acceptors (Lipinski definition) is 2. The van der Waals surface area contributed by atoms with Crippen LogP contribution >= 0.6 is 45.2 Å². The van der Waals surface area contributed by atoms with Gasteiger partial charge < -0.3 is 9.13 Å². The Kier molecular flexibility index (Phi) is 14.3. The molecule has 2 unspecified atom stereocenters. The highest BCUT2D eigenvalue weighted by atomic mass is 127. The molecule has 0 radical (unpaired) electrons. The SMILES string of the molecule is CCCCCCC(CCCC)Cn1c(=O)c2cc(I)cc3c2c2c(cc(I)cc21)c(=O)n3CC(CCCC)CCCCCC. The van der Waals surface area contributed by atoms with Crippen LogP contribution in [0.25, 0.3) is 32.6 Å². The van der Waals surface area contributed by atoms with E-state index in [1.165, 1.54) is 77.0 Å². The molecule has 0 N–H and O–H groups in total. The normalized spacial score (nSPS) is 13.5. The zero-order chi connectivity index (χ0) is 31.6. The third-order valence-electron chi connectivity index (χ3n) is 9.69. The smallest absolute Gasteiger partial charge is 0.259 e. The Bertz CT molecular complexity index is 1490. The van der Waals surface area contributed by atoms with Crippen molar-refractivity contribution in [3.63, 3.8) is 0 Å². The summed E-state index contributed by atoms with van der Waals surface area (Å²) >= 11 is 4.69. The molecule has 0 saturated heterocycles. The van der Waals surface area contributed by atoms with E-state index < -0.39 is 0 Å². The maximum atomic E-state index is 14.5. The van der Waals surface area contributed by atoms with Crippen LogP contribution in [0.1, 0.15) is 130 Å². The van der Waals surface area contributed by atoms with Gasteiger partial charge in [0.15, 0.2) is 0 Å². The molecule has 0 amide bonds. The molecule has 2 aromatic carbocycles. The van der Waals surface area contributed by atoms with Gasteiger partial charge in [-0.3, -0.25) is 9.59 Å². The molecule has 4 nitrogen and oxygen atoms in total. The van der Waals surface area contributed by atoms with Gasteiger partial charge in [0.25, 0.3) is 11.1 Å². The van der Waals surface area contributed by atoms with E-state index in [2.05, 4.69) is 97.1 Å². The molecule has 0 fully saturated rings. The third kappa shape index (κ3) is 8.60. The quantitative estimate of drug-likeness (QED) is 0.0506. The maximum absolute atomic E-state index is 14.5. The van der Waals surface area contributed by atoms with Gasteiger partial charge in [0, 0.05) is 31.0 Å². The first-order chi connectivity index (χ1) is 21.3. The van der Waals surface area contributed by atoms with Gasteiger partial charge in [-0.05, 0) is 107 Å². The van der Waals surface area contributed by atoms with Gasteiger partial charge in [-0.15, -0.1) is 0 Å². The van der Waals surface area contributed by atoms with Crippen LogP contribution in [0, 0.1) is 19.0 Å². The van der Waals surface area contributed by atoms with E-state index in [1.54, 1.807) is 0 Å². The van der Waals surface area contributed by atoms with Crippen LogP contribution < -0.4 is 11.1 Å². The Morgan fingerprint density at radius 3 is 1.25 bits per heavy atom. The van der Waals surface area contributed by atoms with Crippen LogP contribution in [-0.2, 0) is 13.1 Å². The number of nitrogens with zero attached hydrogens (tertiary/aromatic N) is 2. The first kappa shape index (κ1) is 35.7. The van der Waals surface area contributed by atoms with E-state index in [9.17, 15) is 9.59 Å². The highest BCUT2D eigenvalue weighted by Crippen LogP contribution is 2.35. The van der Waals surface area contributed by atoms with Crippen molar-refractivity contribution in [3.8, 4) is 0 Å². The minimum atomic E-state index is 0.103. The predicted molar refractivity (Wildman–Crippen MR) is 208 cm³/mol. The van der Waals surface area contributed by atoms with Crippen LogP contribution in [0.3, 0.4) is 0 Å². The minimum absolute atomic E-state index is 0.103. The van der Waals surface area contributed by atoms with E-state index >= 15 is 0 Å². The molecule has 2 atom stereocenters. The molecule has 242 valence electrons. The Balaban J connectivity index is 1.88. The first-order valence-corrected chi connectivity index (χ1v) is 19.8. The van der Waals surface area contributed by atoms with E-state index in [1.807, 2.05) is 9.13 Å². The average Bonchev–Trinajstić information content (AvgIpc) is 3.01. The van der Waals surface area contributed by atoms with Gasteiger partial charge in [0.1, 0.15) is 0 Å². The van der Waals surface area contributed by atoms with Gasteiger partial charge >= 0.3 is 0 Å². The number of halogens is 2. The third-order valence-corrected chi connectivity index (χ3v) is 10.9. The van der Waals surface area contributed by atoms with Gasteiger partial charge in [0.05, 0.1) is 21.8 Å². The summed E-state index contributed by atoms with van der Waals surface area (Å²) < 4.78 is 6.14. The molecule has 0 saturated carbocycles. The van der Waals surface area contributed by atoms with Crippen molar-refractivity contribution in [2.45, 2.75) is 144 Å². The number of aromatic nitrogens is 2. The van der Waals surface area contributed by atoms with Gasteiger partial charge in [0.2, 0.25) is 0 Å². The Hall–Kier alpha value is -1.16. The fourth-order valence-electron chi connectivity index (χ4n) is 7.22. The summed E-state index contributed by atoms with van der Waals surface area (Å²) in [6.45, 7) is 10.5. The van der Waals surface area contributed by atoms with Crippen LogP contribution in [0.4, 0.5) is 0 Å². The molecule has 4 aromatic rings. The van der Waals surface area contributed by atoms with Crippen molar-refractivity contribution in [2.75, 3.05) is 0 Å². The predicted octanol–water partition coefficient (Wildman–Crippen LogP) is 11.7.